The second-order valence-electron chi connectivity index (χ2n) is 4.98. The Balaban J connectivity index is 2.01. The van der Waals surface area contributed by atoms with Crippen LogP contribution in [-0.4, -0.2) is 16.2 Å². The fraction of sp³-hybridized carbons (Fsp3) is 0.462. The molecule has 1 aliphatic heterocycles. The highest BCUT2D eigenvalue weighted by Gasteiger charge is 2.47. The maximum Gasteiger partial charge on any atom is 0.304 e. The molecule has 2 aliphatic rings. The summed E-state index contributed by atoms with van der Waals surface area (Å²) in [6.07, 6.45) is 1.78. The first kappa shape index (κ1) is 10.6. The van der Waals surface area contributed by atoms with Crippen molar-refractivity contribution in [2.75, 3.05) is 0 Å². The van der Waals surface area contributed by atoms with Crippen molar-refractivity contribution in [3.05, 3.63) is 28.8 Å². The Labute approximate surface area is 98.8 Å². The number of carboxylic acid groups (broad SMARTS) is 1. The molecule has 1 saturated carbocycles. The van der Waals surface area contributed by atoms with Gasteiger partial charge in [-0.3, -0.25) is 4.79 Å². The number of benzene rings is 1. The molecule has 0 bridgehead atoms. The molecule has 90 valence electrons. The SMILES string of the molecule is O=C(O)CC1(c2cc3c(cc2O)COC3)CC1. The smallest absolute Gasteiger partial charge is 0.304 e. The molecule has 17 heavy (non-hydrogen) atoms. The number of ether oxygens (including phenoxy) is 1. The molecule has 2 N–H and O–H groups in total. The van der Waals surface area contributed by atoms with Gasteiger partial charge in [0.2, 0.25) is 0 Å². The fourth-order valence-electron chi connectivity index (χ4n) is 2.62. The first-order valence-electron chi connectivity index (χ1n) is 5.75. The third-order valence-electron chi connectivity index (χ3n) is 3.75. The summed E-state index contributed by atoms with van der Waals surface area (Å²) in [6.45, 7) is 1.10. The maximum absolute atomic E-state index is 10.9. The van der Waals surface area contributed by atoms with Gasteiger partial charge in [0.05, 0.1) is 19.6 Å². The monoisotopic (exact) mass is 234 g/mol. The minimum absolute atomic E-state index is 0.0974. The van der Waals surface area contributed by atoms with E-state index < -0.39 is 5.97 Å². The van der Waals surface area contributed by atoms with Crippen LogP contribution in [0.25, 0.3) is 0 Å². The van der Waals surface area contributed by atoms with Crippen molar-refractivity contribution in [2.24, 2.45) is 0 Å². The second kappa shape index (κ2) is 3.47. The van der Waals surface area contributed by atoms with Crippen LogP contribution in [0.5, 0.6) is 5.75 Å². The molecule has 3 rings (SSSR count). The van der Waals surface area contributed by atoms with E-state index in [1.54, 1.807) is 6.07 Å². The average Bonchev–Trinajstić information content (AvgIpc) is 2.87. The third kappa shape index (κ3) is 1.69. The predicted octanol–water partition coefficient (Wildman–Crippen LogP) is 1.93. The van der Waals surface area contributed by atoms with Gasteiger partial charge in [-0.2, -0.15) is 0 Å². The van der Waals surface area contributed by atoms with Gasteiger partial charge in [0.25, 0.3) is 0 Å². The molecule has 4 nitrogen and oxygen atoms in total. The normalized spacial score (nSPS) is 20.0. The number of fused-ring (bicyclic) bond motifs is 1. The number of hydrogen-bond acceptors (Lipinski definition) is 3. The van der Waals surface area contributed by atoms with Crippen LogP contribution in [0.3, 0.4) is 0 Å². The molecule has 0 spiro atoms. The molecule has 0 radical (unpaired) electrons. The van der Waals surface area contributed by atoms with Crippen LogP contribution in [0.2, 0.25) is 0 Å². The summed E-state index contributed by atoms with van der Waals surface area (Å²) in [6, 6.07) is 3.65. The number of aromatic hydroxyl groups is 1. The molecule has 1 aromatic carbocycles. The summed E-state index contributed by atoms with van der Waals surface area (Å²) < 4.78 is 5.31. The quantitative estimate of drug-likeness (QED) is 0.838. The summed E-state index contributed by atoms with van der Waals surface area (Å²) in [4.78, 5) is 10.9. The lowest BCUT2D eigenvalue weighted by atomic mass is 9.89. The van der Waals surface area contributed by atoms with E-state index in [9.17, 15) is 9.90 Å². The van der Waals surface area contributed by atoms with E-state index >= 15 is 0 Å². The molecule has 1 heterocycles. The van der Waals surface area contributed by atoms with Gasteiger partial charge in [0, 0.05) is 11.0 Å². The van der Waals surface area contributed by atoms with Crippen molar-refractivity contribution in [3.8, 4) is 5.75 Å². The van der Waals surface area contributed by atoms with E-state index in [4.69, 9.17) is 9.84 Å². The van der Waals surface area contributed by atoms with Gasteiger partial charge in [-0.25, -0.2) is 0 Å². The third-order valence-corrected chi connectivity index (χ3v) is 3.75. The van der Waals surface area contributed by atoms with Crippen molar-refractivity contribution in [1.29, 1.82) is 0 Å². The molecule has 4 heteroatoms. The van der Waals surface area contributed by atoms with Gasteiger partial charge in [-0.05, 0) is 36.1 Å². The van der Waals surface area contributed by atoms with Crippen molar-refractivity contribution in [1.82, 2.24) is 0 Å². The molecule has 1 fully saturated rings. The van der Waals surface area contributed by atoms with E-state index in [0.717, 1.165) is 29.5 Å². The molecule has 1 aliphatic carbocycles. The lowest BCUT2D eigenvalue weighted by molar-refractivity contribution is -0.137. The Kier molecular flexibility index (Phi) is 2.16. The van der Waals surface area contributed by atoms with E-state index in [0.29, 0.717) is 13.2 Å². The number of hydrogen-bond donors (Lipinski definition) is 2. The summed E-state index contributed by atoms with van der Waals surface area (Å²) in [5.41, 5.74) is 2.53. The zero-order valence-electron chi connectivity index (χ0n) is 9.40. The van der Waals surface area contributed by atoms with Crippen molar-refractivity contribution >= 4 is 5.97 Å². The highest BCUT2D eigenvalue weighted by molar-refractivity contribution is 5.70. The Morgan fingerprint density at radius 2 is 1.94 bits per heavy atom. The first-order valence-corrected chi connectivity index (χ1v) is 5.75. The average molecular weight is 234 g/mol. The van der Waals surface area contributed by atoms with Crippen molar-refractivity contribution < 1.29 is 19.7 Å². The molecule has 0 saturated heterocycles. The highest BCUT2D eigenvalue weighted by atomic mass is 16.5. The summed E-state index contributed by atoms with van der Waals surface area (Å²) in [7, 11) is 0. The van der Waals surface area contributed by atoms with Gasteiger partial charge in [0.15, 0.2) is 0 Å². The van der Waals surface area contributed by atoms with Crippen LogP contribution >= 0.6 is 0 Å². The van der Waals surface area contributed by atoms with Crippen LogP contribution in [0.4, 0.5) is 0 Å². The number of phenols is 1. The highest BCUT2D eigenvalue weighted by Crippen LogP contribution is 2.54. The fourth-order valence-corrected chi connectivity index (χ4v) is 2.62. The van der Waals surface area contributed by atoms with E-state index in [1.165, 1.54) is 0 Å². The van der Waals surface area contributed by atoms with Gasteiger partial charge < -0.3 is 14.9 Å². The maximum atomic E-state index is 10.9. The molecular formula is C13H14O4. The van der Waals surface area contributed by atoms with Gasteiger partial charge in [0.1, 0.15) is 5.75 Å². The molecule has 0 unspecified atom stereocenters. The second-order valence-corrected chi connectivity index (χ2v) is 4.98. The van der Waals surface area contributed by atoms with Crippen molar-refractivity contribution in [2.45, 2.75) is 37.9 Å². The van der Waals surface area contributed by atoms with Gasteiger partial charge >= 0.3 is 5.97 Å². The van der Waals surface area contributed by atoms with Crippen LogP contribution in [-0.2, 0) is 28.2 Å². The first-order chi connectivity index (χ1) is 8.11. The summed E-state index contributed by atoms with van der Waals surface area (Å²) in [5, 5.41) is 18.9. The molecule has 0 atom stereocenters. The van der Waals surface area contributed by atoms with E-state index in [2.05, 4.69) is 0 Å². The van der Waals surface area contributed by atoms with Gasteiger partial charge in [-0.15, -0.1) is 0 Å². The largest absolute Gasteiger partial charge is 0.508 e. The van der Waals surface area contributed by atoms with Gasteiger partial charge in [-0.1, -0.05) is 0 Å². The standard InChI is InChI=1S/C13H14O4/c14-11-4-9-7-17-6-8(9)3-10(11)13(1-2-13)5-12(15)16/h3-4,14H,1-2,5-7H2,(H,15,16). The van der Waals surface area contributed by atoms with E-state index in [1.807, 2.05) is 6.07 Å². The van der Waals surface area contributed by atoms with E-state index in [-0.39, 0.29) is 17.6 Å². The zero-order chi connectivity index (χ0) is 12.0. The lowest BCUT2D eigenvalue weighted by Crippen LogP contribution is -2.13. The predicted molar refractivity (Wildman–Crippen MR) is 59.8 cm³/mol. The Bertz CT molecular complexity index is 488. The molecule has 0 amide bonds. The number of carbonyl (C=O) groups is 1. The van der Waals surface area contributed by atoms with Crippen LogP contribution in [0, 0.1) is 0 Å². The minimum atomic E-state index is -0.807. The number of aliphatic carboxylic acids is 1. The zero-order valence-corrected chi connectivity index (χ0v) is 9.40. The topological polar surface area (TPSA) is 66.8 Å². The molecular weight excluding hydrogens is 220 g/mol. The molecule has 0 aromatic heterocycles. The lowest BCUT2D eigenvalue weighted by Gasteiger charge is -2.16. The molecule has 1 aromatic rings. The number of carboxylic acids is 1. The number of phenolic OH excluding ortho intramolecular Hbond substituents is 1. The Morgan fingerprint density at radius 3 is 2.53 bits per heavy atom. The summed E-state index contributed by atoms with van der Waals surface area (Å²) >= 11 is 0. The summed E-state index contributed by atoms with van der Waals surface area (Å²) in [5.74, 6) is -0.591. The van der Waals surface area contributed by atoms with Crippen LogP contribution in [0.1, 0.15) is 36.0 Å². The number of rotatable bonds is 3. The van der Waals surface area contributed by atoms with Crippen molar-refractivity contribution in [3.63, 3.8) is 0 Å². The van der Waals surface area contributed by atoms with Crippen LogP contribution < -0.4 is 0 Å². The Morgan fingerprint density at radius 1 is 1.29 bits per heavy atom. The van der Waals surface area contributed by atoms with Crippen LogP contribution in [0.15, 0.2) is 12.1 Å². The Hall–Kier alpha value is -1.55. The minimum Gasteiger partial charge on any atom is -0.508 e.